The fourth-order valence-electron chi connectivity index (χ4n) is 1.87. The van der Waals surface area contributed by atoms with Gasteiger partial charge in [0.25, 0.3) is 0 Å². The molecule has 2 aromatic rings. The lowest BCUT2D eigenvalue weighted by atomic mass is 10.0. The molecule has 0 fully saturated rings. The van der Waals surface area contributed by atoms with E-state index in [0.29, 0.717) is 0 Å². The first-order chi connectivity index (χ1) is 8.63. The highest BCUT2D eigenvalue weighted by molar-refractivity contribution is 7.19. The number of benzene rings is 1. The van der Waals surface area contributed by atoms with Gasteiger partial charge in [0.05, 0.1) is 6.04 Å². The molecule has 0 saturated carbocycles. The van der Waals surface area contributed by atoms with Crippen LogP contribution >= 0.6 is 11.3 Å². The minimum Gasteiger partial charge on any atom is -0.271 e. The summed E-state index contributed by atoms with van der Waals surface area (Å²) in [4.78, 5) is 1.12. The summed E-state index contributed by atoms with van der Waals surface area (Å²) in [5.74, 6) is 5.40. The molecule has 2 rings (SSSR count). The maximum Gasteiger partial charge on any atom is 0.124 e. The average Bonchev–Trinajstić information content (AvgIpc) is 2.78. The number of thiophene rings is 1. The molecule has 18 heavy (non-hydrogen) atoms. The number of fused-ring (bicyclic) bond motifs is 1. The molecule has 0 bridgehead atoms. The summed E-state index contributed by atoms with van der Waals surface area (Å²) in [6.07, 6.45) is 1.75. The van der Waals surface area contributed by atoms with Crippen molar-refractivity contribution in [2.45, 2.75) is 25.8 Å². The van der Waals surface area contributed by atoms with Gasteiger partial charge in [0.15, 0.2) is 0 Å². The lowest BCUT2D eigenvalue weighted by Gasteiger charge is -2.14. The Balaban J connectivity index is 2.30. The van der Waals surface area contributed by atoms with Gasteiger partial charge < -0.3 is 0 Å². The summed E-state index contributed by atoms with van der Waals surface area (Å²) in [5, 5.41) is 1.05. The molecule has 0 spiro atoms. The topological polar surface area (TPSA) is 38.0 Å². The quantitative estimate of drug-likeness (QED) is 0.488. The Kier molecular flexibility index (Phi) is 4.11. The van der Waals surface area contributed by atoms with Crippen molar-refractivity contribution >= 4 is 21.4 Å². The zero-order valence-electron chi connectivity index (χ0n) is 10.4. The Morgan fingerprint density at radius 2 is 2.28 bits per heavy atom. The van der Waals surface area contributed by atoms with E-state index < -0.39 is 0 Å². The van der Waals surface area contributed by atoms with E-state index in [0.717, 1.165) is 33.4 Å². The van der Waals surface area contributed by atoms with Crippen molar-refractivity contribution < 1.29 is 4.39 Å². The molecule has 1 unspecified atom stereocenters. The summed E-state index contributed by atoms with van der Waals surface area (Å²) >= 11 is 1.57. The van der Waals surface area contributed by atoms with Crippen LogP contribution in [-0.2, 0) is 0 Å². The van der Waals surface area contributed by atoms with E-state index in [-0.39, 0.29) is 11.9 Å². The Labute approximate surface area is 110 Å². The largest absolute Gasteiger partial charge is 0.271 e. The highest BCUT2D eigenvalue weighted by Crippen LogP contribution is 2.32. The maximum absolute atomic E-state index is 13.1. The van der Waals surface area contributed by atoms with Crippen molar-refractivity contribution in [1.82, 2.24) is 5.43 Å². The van der Waals surface area contributed by atoms with Crippen LogP contribution in [-0.4, -0.2) is 0 Å². The number of hydrogen-bond acceptors (Lipinski definition) is 3. The lowest BCUT2D eigenvalue weighted by Crippen LogP contribution is -2.27. The van der Waals surface area contributed by atoms with E-state index in [1.165, 1.54) is 6.07 Å². The summed E-state index contributed by atoms with van der Waals surface area (Å²) in [7, 11) is 0. The van der Waals surface area contributed by atoms with Crippen LogP contribution in [0.3, 0.4) is 0 Å². The molecule has 0 radical (unpaired) electrons. The van der Waals surface area contributed by atoms with Crippen LogP contribution in [0.1, 0.15) is 30.7 Å². The van der Waals surface area contributed by atoms with Gasteiger partial charge in [-0.2, -0.15) is 0 Å². The van der Waals surface area contributed by atoms with Crippen molar-refractivity contribution in [1.29, 1.82) is 0 Å². The first-order valence-electron chi connectivity index (χ1n) is 5.95. The lowest BCUT2D eigenvalue weighted by molar-refractivity contribution is 0.553. The van der Waals surface area contributed by atoms with E-state index in [1.54, 1.807) is 23.5 Å². The van der Waals surface area contributed by atoms with Crippen molar-refractivity contribution in [3.8, 4) is 0 Å². The van der Waals surface area contributed by atoms with Crippen LogP contribution in [0.5, 0.6) is 0 Å². The predicted molar refractivity (Wildman–Crippen MR) is 75.9 cm³/mol. The van der Waals surface area contributed by atoms with Crippen LogP contribution < -0.4 is 11.3 Å². The van der Waals surface area contributed by atoms with Crippen LogP contribution in [0, 0.1) is 5.82 Å². The van der Waals surface area contributed by atoms with Crippen LogP contribution in [0.15, 0.2) is 36.4 Å². The molecule has 0 saturated heterocycles. The summed E-state index contributed by atoms with van der Waals surface area (Å²) < 4.78 is 14.1. The fraction of sp³-hybridized carbons (Fsp3) is 0.286. The Morgan fingerprint density at radius 1 is 1.50 bits per heavy atom. The molecular formula is C14H17FN2S. The molecule has 1 heterocycles. The molecule has 1 aromatic carbocycles. The minimum absolute atomic E-state index is 0.0536. The van der Waals surface area contributed by atoms with Gasteiger partial charge in [-0.05, 0) is 36.4 Å². The standard InChI is InChI=1S/C14H17FN2S/c1-3-9(2)6-12(17-16)14-7-10-4-5-11(15)8-13(10)18-14/h4-5,7-8,12,17H,2-3,6,16H2,1H3. The highest BCUT2D eigenvalue weighted by atomic mass is 32.1. The minimum atomic E-state index is -0.203. The van der Waals surface area contributed by atoms with Gasteiger partial charge in [0, 0.05) is 9.58 Å². The second-order valence-corrected chi connectivity index (χ2v) is 5.47. The molecule has 2 nitrogen and oxygen atoms in total. The summed E-state index contributed by atoms with van der Waals surface area (Å²) in [6.45, 7) is 6.08. The van der Waals surface area contributed by atoms with Gasteiger partial charge in [0.2, 0.25) is 0 Å². The van der Waals surface area contributed by atoms with Gasteiger partial charge in [-0.15, -0.1) is 11.3 Å². The normalized spacial score (nSPS) is 12.8. The molecule has 3 N–H and O–H groups in total. The van der Waals surface area contributed by atoms with Crippen LogP contribution in [0.4, 0.5) is 4.39 Å². The molecular weight excluding hydrogens is 247 g/mol. The van der Waals surface area contributed by atoms with Crippen molar-refractivity contribution in [2.24, 2.45) is 5.84 Å². The Hall–Kier alpha value is -1.23. The van der Waals surface area contributed by atoms with E-state index in [9.17, 15) is 4.39 Å². The molecule has 1 atom stereocenters. The number of rotatable bonds is 5. The number of hydrogen-bond donors (Lipinski definition) is 2. The van der Waals surface area contributed by atoms with Gasteiger partial charge in [-0.25, -0.2) is 4.39 Å². The van der Waals surface area contributed by atoms with Gasteiger partial charge in [-0.3, -0.25) is 11.3 Å². The Morgan fingerprint density at radius 3 is 2.94 bits per heavy atom. The van der Waals surface area contributed by atoms with Gasteiger partial charge in [0.1, 0.15) is 5.82 Å². The molecule has 0 aliphatic carbocycles. The highest BCUT2D eigenvalue weighted by Gasteiger charge is 2.14. The average molecular weight is 264 g/mol. The molecule has 0 aliphatic rings. The maximum atomic E-state index is 13.1. The number of nitrogens with one attached hydrogen (secondary N) is 1. The third-order valence-corrected chi connectivity index (χ3v) is 4.25. The second kappa shape index (κ2) is 5.61. The predicted octanol–water partition coefficient (Wildman–Crippen LogP) is 3.90. The zero-order valence-corrected chi connectivity index (χ0v) is 11.2. The van der Waals surface area contributed by atoms with Gasteiger partial charge >= 0.3 is 0 Å². The van der Waals surface area contributed by atoms with E-state index in [1.807, 2.05) is 0 Å². The van der Waals surface area contributed by atoms with Gasteiger partial charge in [-0.1, -0.05) is 25.1 Å². The number of halogens is 1. The smallest absolute Gasteiger partial charge is 0.124 e. The molecule has 96 valence electrons. The first-order valence-corrected chi connectivity index (χ1v) is 6.77. The van der Waals surface area contributed by atoms with Crippen LogP contribution in [0.2, 0.25) is 0 Å². The summed E-state index contributed by atoms with van der Waals surface area (Å²) in [6, 6.07) is 6.96. The third-order valence-electron chi connectivity index (χ3n) is 3.04. The van der Waals surface area contributed by atoms with Crippen molar-refractivity contribution in [2.75, 3.05) is 0 Å². The first kappa shape index (κ1) is 13.2. The van der Waals surface area contributed by atoms with E-state index in [2.05, 4.69) is 25.0 Å². The van der Waals surface area contributed by atoms with Crippen LogP contribution in [0.25, 0.3) is 10.1 Å². The summed E-state index contributed by atoms with van der Waals surface area (Å²) in [5.41, 5.74) is 3.97. The van der Waals surface area contributed by atoms with E-state index in [4.69, 9.17) is 5.84 Å². The third kappa shape index (κ3) is 2.77. The second-order valence-electron chi connectivity index (χ2n) is 4.36. The molecule has 1 aromatic heterocycles. The molecule has 4 heteroatoms. The SMILES string of the molecule is C=C(CC)CC(NN)c1cc2ccc(F)cc2s1. The Bertz CT molecular complexity index is 562. The fourth-order valence-corrected chi connectivity index (χ4v) is 3.02. The zero-order chi connectivity index (χ0) is 13.1. The molecule has 0 amide bonds. The van der Waals surface area contributed by atoms with E-state index >= 15 is 0 Å². The monoisotopic (exact) mass is 264 g/mol. The van der Waals surface area contributed by atoms with Crippen molar-refractivity contribution in [3.63, 3.8) is 0 Å². The number of nitrogens with two attached hydrogens (primary N) is 1. The van der Waals surface area contributed by atoms with Crippen molar-refractivity contribution in [3.05, 3.63) is 47.1 Å². The number of hydrazine groups is 1. The molecule has 0 aliphatic heterocycles.